The molecule has 0 spiro atoms. The molecule has 1 amide bonds. The number of anilines is 2. The molecule has 2 aromatic carbocycles. The zero-order valence-electron chi connectivity index (χ0n) is 14.0. The van der Waals surface area contributed by atoms with Gasteiger partial charge in [0.1, 0.15) is 11.6 Å². The molecule has 0 aliphatic carbocycles. The Morgan fingerprint density at radius 2 is 1.76 bits per heavy atom. The Balaban J connectivity index is 2.26. The Morgan fingerprint density at radius 1 is 1.12 bits per heavy atom. The maximum Gasteiger partial charge on any atom is 0.255 e. The number of carbonyl (C=O) groups is 1. The molecule has 2 N–H and O–H groups in total. The summed E-state index contributed by atoms with van der Waals surface area (Å²) >= 11 is 0. The number of ether oxygens (including phenoxy) is 1. The minimum absolute atomic E-state index is 0.192. The molecule has 0 radical (unpaired) electrons. The highest BCUT2D eigenvalue weighted by Crippen LogP contribution is 2.30. The predicted octanol–water partition coefficient (Wildman–Crippen LogP) is 3.24. The summed E-state index contributed by atoms with van der Waals surface area (Å²) in [6, 6.07) is 9.70. The lowest BCUT2D eigenvalue weighted by Gasteiger charge is -2.16. The van der Waals surface area contributed by atoms with E-state index in [2.05, 4.69) is 10.0 Å². The zero-order valence-corrected chi connectivity index (χ0v) is 14.9. The SMILES string of the molecule is CC(C)Oc1cc(NC(=O)c2ccc(F)cc2)ccc1NS(C)(=O)=O. The summed E-state index contributed by atoms with van der Waals surface area (Å²) in [6.45, 7) is 3.60. The van der Waals surface area contributed by atoms with Crippen LogP contribution >= 0.6 is 0 Å². The Kier molecular flexibility index (Phi) is 5.63. The summed E-state index contributed by atoms with van der Waals surface area (Å²) in [6.07, 6.45) is 0.847. The van der Waals surface area contributed by atoms with Crippen molar-refractivity contribution >= 4 is 27.3 Å². The molecule has 0 atom stereocenters. The second-order valence-electron chi connectivity index (χ2n) is 5.71. The van der Waals surface area contributed by atoms with Crippen molar-refractivity contribution in [3.8, 4) is 5.75 Å². The first-order valence-electron chi connectivity index (χ1n) is 7.49. The van der Waals surface area contributed by atoms with Crippen LogP contribution in [0.15, 0.2) is 42.5 Å². The predicted molar refractivity (Wildman–Crippen MR) is 95.0 cm³/mol. The number of sulfonamides is 1. The molecular weight excluding hydrogens is 347 g/mol. The van der Waals surface area contributed by atoms with Gasteiger partial charge in [0, 0.05) is 17.3 Å². The van der Waals surface area contributed by atoms with Crippen LogP contribution in [-0.2, 0) is 10.0 Å². The second-order valence-corrected chi connectivity index (χ2v) is 7.46. The molecule has 0 unspecified atom stereocenters. The molecule has 134 valence electrons. The van der Waals surface area contributed by atoms with Gasteiger partial charge in [-0.3, -0.25) is 9.52 Å². The van der Waals surface area contributed by atoms with Crippen LogP contribution in [-0.4, -0.2) is 26.7 Å². The largest absolute Gasteiger partial charge is 0.489 e. The van der Waals surface area contributed by atoms with E-state index in [9.17, 15) is 17.6 Å². The van der Waals surface area contributed by atoms with Crippen LogP contribution in [0.5, 0.6) is 5.75 Å². The number of rotatable bonds is 6. The standard InChI is InChI=1S/C17H19FN2O4S/c1-11(2)24-16-10-14(8-9-15(16)20-25(3,22)23)19-17(21)12-4-6-13(18)7-5-12/h4-11,20H,1-3H3,(H,19,21). The number of amides is 1. The van der Waals surface area contributed by atoms with E-state index in [1.807, 2.05) is 0 Å². The fraction of sp³-hybridized carbons (Fsp3) is 0.235. The fourth-order valence-corrected chi connectivity index (χ4v) is 2.61. The summed E-state index contributed by atoms with van der Waals surface area (Å²) in [5.41, 5.74) is 0.992. The summed E-state index contributed by atoms with van der Waals surface area (Å²) in [5.74, 6) is -0.558. The quantitative estimate of drug-likeness (QED) is 0.822. The lowest BCUT2D eigenvalue weighted by atomic mass is 10.2. The van der Waals surface area contributed by atoms with Crippen LogP contribution in [0, 0.1) is 5.82 Å². The first kappa shape index (κ1) is 18.7. The van der Waals surface area contributed by atoms with Crippen LogP contribution in [0.1, 0.15) is 24.2 Å². The molecule has 2 rings (SSSR count). The Labute approximate surface area is 146 Å². The van der Waals surface area contributed by atoms with Gasteiger partial charge >= 0.3 is 0 Å². The van der Waals surface area contributed by atoms with Gasteiger partial charge in [0.05, 0.1) is 18.0 Å². The molecule has 25 heavy (non-hydrogen) atoms. The van der Waals surface area contributed by atoms with Gasteiger partial charge in [-0.2, -0.15) is 0 Å². The minimum atomic E-state index is -3.47. The van der Waals surface area contributed by atoms with Crippen molar-refractivity contribution < 1.29 is 22.3 Å². The number of nitrogens with one attached hydrogen (secondary N) is 2. The second kappa shape index (κ2) is 7.52. The van der Waals surface area contributed by atoms with Crippen LogP contribution in [0.25, 0.3) is 0 Å². The first-order chi connectivity index (χ1) is 11.6. The van der Waals surface area contributed by atoms with Crippen molar-refractivity contribution in [1.82, 2.24) is 0 Å². The lowest BCUT2D eigenvalue weighted by molar-refractivity contribution is 0.102. The Morgan fingerprint density at radius 3 is 2.32 bits per heavy atom. The third kappa shape index (κ3) is 5.75. The van der Waals surface area contributed by atoms with Crippen LogP contribution in [0.2, 0.25) is 0 Å². The zero-order chi connectivity index (χ0) is 18.6. The summed E-state index contributed by atoms with van der Waals surface area (Å²) < 4.78 is 43.8. The van der Waals surface area contributed by atoms with Crippen LogP contribution in [0.4, 0.5) is 15.8 Å². The maximum absolute atomic E-state index is 12.9. The average Bonchev–Trinajstić information content (AvgIpc) is 2.48. The molecule has 6 nitrogen and oxygen atoms in total. The van der Waals surface area contributed by atoms with E-state index in [-0.39, 0.29) is 17.5 Å². The monoisotopic (exact) mass is 366 g/mol. The van der Waals surface area contributed by atoms with Crippen molar-refractivity contribution in [2.24, 2.45) is 0 Å². The van der Waals surface area contributed by atoms with Crippen LogP contribution < -0.4 is 14.8 Å². The third-order valence-electron chi connectivity index (χ3n) is 3.00. The number of benzene rings is 2. The van der Waals surface area contributed by atoms with Gasteiger partial charge in [-0.15, -0.1) is 0 Å². The van der Waals surface area contributed by atoms with Gasteiger partial charge in [-0.05, 0) is 50.2 Å². The lowest BCUT2D eigenvalue weighted by Crippen LogP contribution is -2.15. The van der Waals surface area contributed by atoms with E-state index >= 15 is 0 Å². The molecule has 0 aliphatic rings. The fourth-order valence-electron chi connectivity index (χ4n) is 2.04. The molecule has 0 aliphatic heterocycles. The molecule has 0 bridgehead atoms. The summed E-state index contributed by atoms with van der Waals surface area (Å²) in [4.78, 5) is 12.2. The molecular formula is C17H19FN2O4S. The van der Waals surface area contributed by atoms with Crippen molar-refractivity contribution in [3.63, 3.8) is 0 Å². The molecule has 0 fully saturated rings. The highest BCUT2D eigenvalue weighted by atomic mass is 32.2. The highest BCUT2D eigenvalue weighted by molar-refractivity contribution is 7.92. The third-order valence-corrected chi connectivity index (χ3v) is 3.59. The van der Waals surface area contributed by atoms with E-state index in [1.54, 1.807) is 19.9 Å². The van der Waals surface area contributed by atoms with Gasteiger partial charge in [-0.1, -0.05) is 0 Å². The van der Waals surface area contributed by atoms with Gasteiger partial charge in [0.2, 0.25) is 10.0 Å². The van der Waals surface area contributed by atoms with E-state index in [4.69, 9.17) is 4.74 Å². The summed E-state index contributed by atoms with van der Waals surface area (Å²) in [7, 11) is -3.47. The first-order valence-corrected chi connectivity index (χ1v) is 9.38. The topological polar surface area (TPSA) is 84.5 Å². The van der Waals surface area contributed by atoms with Crippen LogP contribution in [0.3, 0.4) is 0 Å². The van der Waals surface area contributed by atoms with Crippen molar-refractivity contribution in [1.29, 1.82) is 0 Å². The van der Waals surface area contributed by atoms with Gasteiger partial charge < -0.3 is 10.1 Å². The molecule has 0 aromatic heterocycles. The van der Waals surface area contributed by atoms with E-state index < -0.39 is 21.7 Å². The Bertz CT molecular complexity index is 865. The van der Waals surface area contributed by atoms with Crippen molar-refractivity contribution in [2.75, 3.05) is 16.3 Å². The molecule has 0 saturated heterocycles. The van der Waals surface area contributed by atoms with Crippen molar-refractivity contribution in [2.45, 2.75) is 20.0 Å². The minimum Gasteiger partial charge on any atom is -0.489 e. The number of hydrogen-bond donors (Lipinski definition) is 2. The van der Waals surface area contributed by atoms with Gasteiger partial charge in [0.15, 0.2) is 0 Å². The maximum atomic E-state index is 12.9. The van der Waals surface area contributed by atoms with Gasteiger partial charge in [0.25, 0.3) is 5.91 Å². The summed E-state index contributed by atoms with van der Waals surface area (Å²) in [5, 5.41) is 2.66. The molecule has 0 saturated carbocycles. The smallest absolute Gasteiger partial charge is 0.255 e. The van der Waals surface area contributed by atoms with Gasteiger partial charge in [-0.25, -0.2) is 12.8 Å². The molecule has 2 aromatic rings. The Hall–Kier alpha value is -2.61. The number of halogens is 1. The number of hydrogen-bond acceptors (Lipinski definition) is 4. The molecule has 0 heterocycles. The highest BCUT2D eigenvalue weighted by Gasteiger charge is 2.13. The van der Waals surface area contributed by atoms with E-state index in [1.165, 1.54) is 36.4 Å². The molecule has 8 heteroatoms. The average molecular weight is 366 g/mol. The van der Waals surface area contributed by atoms with E-state index in [0.29, 0.717) is 11.3 Å². The normalized spacial score (nSPS) is 11.2. The van der Waals surface area contributed by atoms with E-state index in [0.717, 1.165) is 6.26 Å². The van der Waals surface area contributed by atoms with Crippen molar-refractivity contribution in [3.05, 3.63) is 53.8 Å². The number of carbonyl (C=O) groups excluding carboxylic acids is 1.